The van der Waals surface area contributed by atoms with Crippen LogP contribution in [0.2, 0.25) is 10.0 Å². The van der Waals surface area contributed by atoms with Gasteiger partial charge in [0.05, 0.1) is 11.6 Å². The largest absolute Gasteiger partial charge is 0.482 e. The summed E-state index contributed by atoms with van der Waals surface area (Å²) in [5.74, 6) is 0.256. The molecule has 0 fully saturated rings. The Bertz CT molecular complexity index is 464. The van der Waals surface area contributed by atoms with Crippen LogP contribution < -0.4 is 4.74 Å². The fourth-order valence-corrected chi connectivity index (χ4v) is 2.63. The number of amides is 1. The minimum absolute atomic E-state index is 0.0655. The van der Waals surface area contributed by atoms with E-state index in [0.717, 1.165) is 12.8 Å². The second-order valence-corrected chi connectivity index (χ2v) is 5.49. The molecule has 1 rings (SSSR count). The highest BCUT2D eigenvalue weighted by atomic mass is 35.5. The summed E-state index contributed by atoms with van der Waals surface area (Å²) in [5, 5.41) is 9.99. The normalized spacial score (nSPS) is 10.8. The molecule has 0 unspecified atom stereocenters. The van der Waals surface area contributed by atoms with E-state index < -0.39 is 0 Å². The number of aliphatic hydroxyl groups is 1. The average molecular weight is 334 g/mol. The third-order valence-electron chi connectivity index (χ3n) is 3.29. The van der Waals surface area contributed by atoms with Crippen molar-refractivity contribution in [1.82, 2.24) is 4.90 Å². The van der Waals surface area contributed by atoms with E-state index in [1.54, 1.807) is 23.1 Å². The van der Waals surface area contributed by atoms with Gasteiger partial charge in [0.25, 0.3) is 5.91 Å². The summed E-state index contributed by atoms with van der Waals surface area (Å²) in [4.78, 5) is 13.9. The topological polar surface area (TPSA) is 49.8 Å². The van der Waals surface area contributed by atoms with Crippen LogP contribution in [0.3, 0.4) is 0 Å². The molecule has 6 heteroatoms. The molecule has 21 heavy (non-hydrogen) atoms. The van der Waals surface area contributed by atoms with E-state index in [1.807, 2.05) is 13.8 Å². The lowest BCUT2D eigenvalue weighted by Crippen LogP contribution is -2.44. The molecule has 0 saturated heterocycles. The number of hydrogen-bond donors (Lipinski definition) is 1. The third kappa shape index (κ3) is 5.38. The van der Waals surface area contributed by atoms with Crippen molar-refractivity contribution in [2.75, 3.05) is 19.8 Å². The Kier molecular flexibility index (Phi) is 7.86. The third-order valence-corrected chi connectivity index (χ3v) is 3.82. The van der Waals surface area contributed by atoms with Gasteiger partial charge in [-0.05, 0) is 31.0 Å². The van der Waals surface area contributed by atoms with E-state index in [9.17, 15) is 4.79 Å². The Hall–Kier alpha value is -0.970. The monoisotopic (exact) mass is 333 g/mol. The zero-order chi connectivity index (χ0) is 15.8. The first-order chi connectivity index (χ1) is 10.0. The summed E-state index contributed by atoms with van der Waals surface area (Å²) in [6, 6.07) is 4.95. The molecule has 0 heterocycles. The Morgan fingerprint density at radius 3 is 2.52 bits per heavy atom. The lowest BCUT2D eigenvalue weighted by atomic mass is 10.1. The number of nitrogens with zero attached hydrogens (tertiary/aromatic N) is 1. The van der Waals surface area contributed by atoms with Gasteiger partial charge in [-0.25, -0.2) is 0 Å². The Labute approximate surface area is 135 Å². The van der Waals surface area contributed by atoms with E-state index >= 15 is 0 Å². The van der Waals surface area contributed by atoms with Gasteiger partial charge >= 0.3 is 0 Å². The minimum Gasteiger partial charge on any atom is -0.482 e. The number of aliphatic hydroxyl groups excluding tert-OH is 1. The lowest BCUT2D eigenvalue weighted by molar-refractivity contribution is -0.136. The highest BCUT2D eigenvalue weighted by Gasteiger charge is 2.21. The lowest BCUT2D eigenvalue weighted by Gasteiger charge is -2.30. The van der Waals surface area contributed by atoms with Crippen LogP contribution in [0, 0.1) is 0 Å². The summed E-state index contributed by atoms with van der Waals surface area (Å²) in [5.41, 5.74) is 0. The van der Waals surface area contributed by atoms with E-state index in [0.29, 0.717) is 22.3 Å². The van der Waals surface area contributed by atoms with Crippen molar-refractivity contribution >= 4 is 29.1 Å². The van der Waals surface area contributed by atoms with Gasteiger partial charge in [0, 0.05) is 17.6 Å². The van der Waals surface area contributed by atoms with Gasteiger partial charge in [-0.3, -0.25) is 4.79 Å². The molecule has 1 aromatic carbocycles. The van der Waals surface area contributed by atoms with Crippen molar-refractivity contribution in [3.8, 4) is 5.75 Å². The van der Waals surface area contributed by atoms with Crippen molar-refractivity contribution in [2.24, 2.45) is 0 Å². The Morgan fingerprint density at radius 2 is 2.00 bits per heavy atom. The zero-order valence-electron chi connectivity index (χ0n) is 12.3. The van der Waals surface area contributed by atoms with Crippen LogP contribution in [0.5, 0.6) is 5.75 Å². The number of carbonyl (C=O) groups excluding carboxylic acids is 1. The number of rotatable bonds is 8. The maximum atomic E-state index is 12.3. The summed E-state index contributed by atoms with van der Waals surface area (Å²) in [6.07, 6.45) is 1.67. The summed E-state index contributed by atoms with van der Waals surface area (Å²) >= 11 is 11.8. The van der Waals surface area contributed by atoms with Gasteiger partial charge < -0.3 is 14.7 Å². The number of ether oxygens (including phenoxy) is 1. The zero-order valence-corrected chi connectivity index (χ0v) is 13.8. The SMILES string of the molecule is CCC(CC)N(CCO)C(=O)COc1ccc(Cl)cc1Cl. The van der Waals surface area contributed by atoms with Crippen LogP contribution in [0.15, 0.2) is 18.2 Å². The first kappa shape index (κ1) is 18.1. The first-order valence-corrected chi connectivity index (χ1v) is 7.77. The number of hydrogen-bond acceptors (Lipinski definition) is 3. The predicted octanol–water partition coefficient (Wildman–Crippen LogP) is 3.38. The molecule has 1 N–H and O–H groups in total. The van der Waals surface area contributed by atoms with Gasteiger partial charge in [-0.15, -0.1) is 0 Å². The van der Waals surface area contributed by atoms with Crippen molar-refractivity contribution in [3.63, 3.8) is 0 Å². The number of carbonyl (C=O) groups is 1. The Balaban J connectivity index is 2.68. The molecule has 0 aliphatic carbocycles. The molecule has 0 radical (unpaired) electrons. The van der Waals surface area contributed by atoms with Crippen LogP contribution in [-0.4, -0.2) is 41.7 Å². The molecule has 0 aliphatic heterocycles. The number of halogens is 2. The van der Waals surface area contributed by atoms with Crippen molar-refractivity contribution in [1.29, 1.82) is 0 Å². The summed E-state index contributed by atoms with van der Waals surface area (Å²) in [6.45, 7) is 4.16. The molecule has 4 nitrogen and oxygen atoms in total. The summed E-state index contributed by atoms with van der Waals surface area (Å²) in [7, 11) is 0. The smallest absolute Gasteiger partial charge is 0.260 e. The van der Waals surface area contributed by atoms with E-state index in [4.69, 9.17) is 33.0 Å². The van der Waals surface area contributed by atoms with Gasteiger partial charge in [-0.2, -0.15) is 0 Å². The molecule has 0 aromatic heterocycles. The first-order valence-electron chi connectivity index (χ1n) is 7.01. The molecular weight excluding hydrogens is 313 g/mol. The standard InChI is InChI=1S/C15H21Cl2NO3/c1-3-12(4-2)18(7-8-19)15(20)10-21-14-6-5-11(16)9-13(14)17/h5-6,9,12,19H,3-4,7-8,10H2,1-2H3. The molecule has 118 valence electrons. The second-order valence-electron chi connectivity index (χ2n) is 4.64. The van der Waals surface area contributed by atoms with Gasteiger partial charge in [0.2, 0.25) is 0 Å². The highest BCUT2D eigenvalue weighted by Crippen LogP contribution is 2.27. The molecule has 1 aromatic rings. The highest BCUT2D eigenvalue weighted by molar-refractivity contribution is 6.35. The van der Waals surface area contributed by atoms with Gasteiger partial charge in [0.15, 0.2) is 6.61 Å². The molecule has 0 saturated carbocycles. The van der Waals surface area contributed by atoms with Crippen LogP contribution in [0.1, 0.15) is 26.7 Å². The maximum Gasteiger partial charge on any atom is 0.260 e. The van der Waals surface area contributed by atoms with E-state index in [2.05, 4.69) is 0 Å². The van der Waals surface area contributed by atoms with Crippen molar-refractivity contribution in [3.05, 3.63) is 28.2 Å². The molecule has 1 amide bonds. The van der Waals surface area contributed by atoms with Gasteiger partial charge in [-0.1, -0.05) is 37.0 Å². The van der Waals surface area contributed by atoms with Crippen molar-refractivity contribution < 1.29 is 14.6 Å². The number of benzene rings is 1. The summed E-state index contributed by atoms with van der Waals surface area (Å²) < 4.78 is 5.46. The maximum absolute atomic E-state index is 12.3. The van der Waals surface area contributed by atoms with Crippen LogP contribution >= 0.6 is 23.2 Å². The van der Waals surface area contributed by atoms with E-state index in [-0.39, 0.29) is 25.2 Å². The quantitative estimate of drug-likeness (QED) is 0.793. The van der Waals surface area contributed by atoms with E-state index in [1.165, 1.54) is 0 Å². The van der Waals surface area contributed by atoms with Crippen LogP contribution in [0.4, 0.5) is 0 Å². The molecule has 0 bridgehead atoms. The Morgan fingerprint density at radius 1 is 1.33 bits per heavy atom. The average Bonchev–Trinajstić information content (AvgIpc) is 2.46. The molecule has 0 aliphatic rings. The molecular formula is C15H21Cl2NO3. The fourth-order valence-electron chi connectivity index (χ4n) is 2.16. The predicted molar refractivity (Wildman–Crippen MR) is 85.1 cm³/mol. The van der Waals surface area contributed by atoms with Crippen LogP contribution in [-0.2, 0) is 4.79 Å². The minimum atomic E-state index is -0.163. The van der Waals surface area contributed by atoms with Crippen molar-refractivity contribution in [2.45, 2.75) is 32.7 Å². The second kappa shape index (κ2) is 9.13. The van der Waals surface area contributed by atoms with Gasteiger partial charge in [0.1, 0.15) is 5.75 Å². The molecule has 0 atom stereocenters. The fraction of sp³-hybridized carbons (Fsp3) is 0.533. The molecule has 0 spiro atoms. The van der Waals surface area contributed by atoms with Crippen LogP contribution in [0.25, 0.3) is 0 Å².